The number of hydrogen-bond acceptors (Lipinski definition) is 8. The van der Waals surface area contributed by atoms with Crippen LogP contribution in [0.5, 0.6) is 0 Å². The number of carbonyl (C=O) groups is 2. The minimum absolute atomic E-state index is 0.00208. The number of fused-ring (bicyclic) bond motifs is 8. The molecule has 13 atom stereocenters. The summed E-state index contributed by atoms with van der Waals surface area (Å²) in [6, 6.07) is -0.0984. The van der Waals surface area contributed by atoms with Gasteiger partial charge in [0.15, 0.2) is 0 Å². The number of carboxylic acids is 1. The lowest BCUT2D eigenvalue weighted by atomic mass is 9.75. The number of carbonyl (C=O) groups excluding carboxylic acids is 1. The Hall–Kier alpha value is -2.82. The van der Waals surface area contributed by atoms with Crippen LogP contribution in [0.4, 0.5) is 0 Å². The molecule has 248 valence electrons. The van der Waals surface area contributed by atoms with E-state index in [1.165, 1.54) is 23.9 Å². The number of allylic oxidation sites excluding steroid dienone is 2. The Morgan fingerprint density at radius 1 is 1.02 bits per heavy atom. The predicted octanol–water partition coefficient (Wildman–Crippen LogP) is 3.44. The van der Waals surface area contributed by atoms with E-state index in [1.54, 1.807) is 6.92 Å². The number of aliphatic hydroxyl groups excluding tert-OH is 2. The maximum atomic E-state index is 13.4. The van der Waals surface area contributed by atoms with Crippen molar-refractivity contribution < 1.29 is 29.6 Å². The van der Waals surface area contributed by atoms with Gasteiger partial charge in [-0.25, -0.2) is 0 Å². The van der Waals surface area contributed by atoms with Gasteiger partial charge >= 0.3 is 11.9 Å². The molecule has 10 heteroatoms. The largest absolute Gasteiger partial charge is 0.512 e. The molecule has 0 spiro atoms. The van der Waals surface area contributed by atoms with Gasteiger partial charge in [-0.15, -0.1) is 0 Å². The van der Waals surface area contributed by atoms with E-state index in [2.05, 4.69) is 61.6 Å². The van der Waals surface area contributed by atoms with Gasteiger partial charge in [0.2, 0.25) is 0 Å². The monoisotopic (exact) mass is 624 g/mol. The molecular formula is C35H52N4O6. The molecule has 5 aliphatic rings. The van der Waals surface area contributed by atoms with Crippen LogP contribution < -0.4 is 16.0 Å². The molecule has 12 unspecified atom stereocenters. The first-order valence-corrected chi connectivity index (χ1v) is 17.0. The fourth-order valence-corrected chi connectivity index (χ4v) is 10.3. The summed E-state index contributed by atoms with van der Waals surface area (Å²) in [7, 11) is 1.39. The van der Waals surface area contributed by atoms with Crippen LogP contribution in [0.1, 0.15) is 76.4 Å². The van der Waals surface area contributed by atoms with Crippen molar-refractivity contribution in [3.8, 4) is 0 Å². The number of carboxylic acid groups (broad SMARTS) is 1. The molecule has 8 bridgehead atoms. The van der Waals surface area contributed by atoms with Gasteiger partial charge in [0.25, 0.3) is 0 Å². The number of hydrogen-bond donors (Lipinski definition) is 7. The third kappa shape index (κ3) is 5.21. The van der Waals surface area contributed by atoms with Gasteiger partial charge < -0.3 is 41.0 Å². The molecule has 7 N–H and O–H groups in total. The summed E-state index contributed by atoms with van der Waals surface area (Å²) >= 11 is 0. The van der Waals surface area contributed by atoms with Crippen LogP contribution in [0.15, 0.2) is 17.0 Å². The van der Waals surface area contributed by atoms with E-state index >= 15 is 0 Å². The number of ether oxygens (including phenoxy) is 1. The maximum Gasteiger partial charge on any atom is 0.311 e. The van der Waals surface area contributed by atoms with E-state index in [9.17, 15) is 24.9 Å². The lowest BCUT2D eigenvalue weighted by molar-refractivity contribution is -0.152. The molecule has 1 aromatic heterocycles. The summed E-state index contributed by atoms with van der Waals surface area (Å²) in [4.78, 5) is 29.0. The van der Waals surface area contributed by atoms with E-state index in [-0.39, 0.29) is 72.1 Å². The number of esters is 1. The van der Waals surface area contributed by atoms with Crippen molar-refractivity contribution in [2.24, 2.45) is 41.4 Å². The second-order valence-electron chi connectivity index (χ2n) is 14.6. The fraction of sp³-hybridized carbons (Fsp3) is 0.714. The van der Waals surface area contributed by atoms with Crippen LogP contribution in [0.2, 0.25) is 0 Å². The average Bonchev–Trinajstić information content (AvgIpc) is 3.72. The Morgan fingerprint density at radius 2 is 1.73 bits per heavy atom. The van der Waals surface area contributed by atoms with E-state index in [1.807, 2.05) is 0 Å². The van der Waals surface area contributed by atoms with Gasteiger partial charge in [0.1, 0.15) is 0 Å². The van der Waals surface area contributed by atoms with Crippen molar-refractivity contribution in [3.05, 3.63) is 39.5 Å². The number of methoxy groups -OCH3 is 1. The molecule has 1 aromatic rings. The van der Waals surface area contributed by atoms with Gasteiger partial charge in [0.05, 0.1) is 24.9 Å². The lowest BCUT2D eigenvalue weighted by Gasteiger charge is -2.34. The lowest BCUT2D eigenvalue weighted by Crippen LogP contribution is -2.51. The van der Waals surface area contributed by atoms with Crippen LogP contribution in [0.25, 0.3) is 6.08 Å². The fourth-order valence-electron chi connectivity index (χ4n) is 10.3. The Labute approximate surface area is 266 Å². The zero-order valence-corrected chi connectivity index (χ0v) is 27.7. The molecule has 45 heavy (non-hydrogen) atoms. The average molecular weight is 625 g/mol. The van der Waals surface area contributed by atoms with Crippen molar-refractivity contribution in [2.75, 3.05) is 7.11 Å². The molecular weight excluding hydrogens is 572 g/mol. The third-order valence-corrected chi connectivity index (χ3v) is 12.6. The van der Waals surface area contributed by atoms with Gasteiger partial charge in [-0.05, 0) is 68.1 Å². The number of aliphatic hydroxyl groups is 2. The second-order valence-corrected chi connectivity index (χ2v) is 14.6. The van der Waals surface area contributed by atoms with Gasteiger partial charge in [0, 0.05) is 83.5 Å². The summed E-state index contributed by atoms with van der Waals surface area (Å²) < 4.78 is 5.31. The van der Waals surface area contributed by atoms with Crippen LogP contribution in [0, 0.1) is 48.3 Å². The number of aliphatic carboxylic acids is 1. The summed E-state index contributed by atoms with van der Waals surface area (Å²) in [6.07, 6.45) is 4.25. The molecule has 3 saturated heterocycles. The number of rotatable bonds is 5. The maximum absolute atomic E-state index is 13.4. The van der Waals surface area contributed by atoms with E-state index in [4.69, 9.17) is 4.74 Å². The normalized spacial score (nSPS) is 41.5. The molecule has 4 fully saturated rings. The van der Waals surface area contributed by atoms with Crippen LogP contribution in [-0.4, -0.2) is 75.7 Å². The van der Waals surface area contributed by atoms with Crippen molar-refractivity contribution in [1.29, 1.82) is 0 Å². The molecule has 10 nitrogen and oxygen atoms in total. The highest BCUT2D eigenvalue weighted by Crippen LogP contribution is 2.52. The summed E-state index contributed by atoms with van der Waals surface area (Å²) in [5.41, 5.74) is 6.57. The molecule has 0 radical (unpaired) electrons. The van der Waals surface area contributed by atoms with Gasteiger partial charge in [-0.2, -0.15) is 0 Å². The Bertz CT molecular complexity index is 1400. The van der Waals surface area contributed by atoms with Crippen LogP contribution in [0.3, 0.4) is 0 Å². The van der Waals surface area contributed by atoms with Crippen LogP contribution in [-0.2, 0) is 27.2 Å². The smallest absolute Gasteiger partial charge is 0.311 e. The summed E-state index contributed by atoms with van der Waals surface area (Å²) in [6.45, 7) is 12.6. The zero-order chi connectivity index (χ0) is 32.5. The standard InChI is InChI=1S/C35H52N4O6/c1-8-19-14(2)21-13-26-28(18(6)40)16(4)23(37-26)11-22-15(3)20(9-10-27(41)42)32(38-22)30-31(35(44)45-7)34(43)29-17(5)24(39-33(29)30)12-25(19)36-21/h13,15-17,20,22-24,29-34,36-40,43H,8-12H2,1-7H3,(H,41,42)/t15?,16?,17?,20-,22?,23?,24?,29?,30?,31?,32?,33?,34?/m0/s1. The van der Waals surface area contributed by atoms with E-state index in [0.717, 1.165) is 36.2 Å². The van der Waals surface area contributed by atoms with Crippen molar-refractivity contribution in [2.45, 2.75) is 110 Å². The van der Waals surface area contributed by atoms with E-state index in [0.29, 0.717) is 12.2 Å². The highest BCUT2D eigenvalue weighted by atomic mass is 16.5. The zero-order valence-electron chi connectivity index (χ0n) is 27.7. The van der Waals surface area contributed by atoms with Crippen molar-refractivity contribution in [1.82, 2.24) is 20.9 Å². The van der Waals surface area contributed by atoms with E-state index < -0.39 is 24.0 Å². The number of H-pyrrole nitrogens is 1. The highest BCUT2D eigenvalue weighted by Gasteiger charge is 2.63. The summed E-state index contributed by atoms with van der Waals surface area (Å²) in [5.74, 6) is -1.70. The number of aromatic amines is 1. The minimum Gasteiger partial charge on any atom is -0.512 e. The Balaban J connectivity index is 1.49. The Kier molecular flexibility index (Phi) is 8.63. The molecule has 0 amide bonds. The number of nitrogens with one attached hydrogen (secondary N) is 4. The van der Waals surface area contributed by atoms with Crippen LogP contribution >= 0.6 is 0 Å². The summed E-state index contributed by atoms with van der Waals surface area (Å²) in [5, 5.41) is 44.0. The Morgan fingerprint density at radius 3 is 2.38 bits per heavy atom. The van der Waals surface area contributed by atoms with Gasteiger partial charge in [-0.1, -0.05) is 27.7 Å². The predicted molar refractivity (Wildman–Crippen MR) is 171 cm³/mol. The van der Waals surface area contributed by atoms with Crippen molar-refractivity contribution in [3.63, 3.8) is 0 Å². The first-order valence-electron chi connectivity index (χ1n) is 17.0. The molecule has 1 aliphatic carbocycles. The second kappa shape index (κ2) is 12.1. The minimum atomic E-state index is -0.857. The molecule has 0 aromatic carbocycles. The first-order chi connectivity index (χ1) is 21.4. The number of aromatic nitrogens is 1. The SMILES string of the molecule is CCc1c2[nH]c(c1C)C=C1NC(CC3NC(C4C5NC(C2)C(C)C5C(O)C4C(=O)OC)[C@@H](CCC(=O)O)C3C)C(C)C1=C(C)O. The highest BCUT2D eigenvalue weighted by molar-refractivity contribution is 5.74. The third-order valence-electron chi connectivity index (χ3n) is 12.6. The molecule has 4 aliphatic heterocycles. The molecule has 5 heterocycles. The van der Waals surface area contributed by atoms with Crippen molar-refractivity contribution >= 4 is 18.0 Å². The van der Waals surface area contributed by atoms with Gasteiger partial charge in [-0.3, -0.25) is 9.59 Å². The topological polar surface area (TPSA) is 156 Å². The quantitative estimate of drug-likeness (QED) is 0.193. The molecule has 6 rings (SSSR count). The molecule has 1 saturated carbocycles. The first kappa shape index (κ1) is 32.1.